The normalized spacial score (nSPS) is 19.3. The van der Waals surface area contributed by atoms with E-state index in [2.05, 4.69) is 20.2 Å². The number of amides is 3. The Labute approximate surface area is 170 Å². The predicted molar refractivity (Wildman–Crippen MR) is 110 cm³/mol. The molecule has 8 heteroatoms. The van der Waals surface area contributed by atoms with Crippen LogP contribution in [0, 0.1) is 6.92 Å². The number of rotatable bonds is 3. The quantitative estimate of drug-likeness (QED) is 0.854. The van der Waals surface area contributed by atoms with E-state index >= 15 is 0 Å². The number of carbonyl (C=O) groups is 2. The largest absolute Gasteiger partial charge is 0.353 e. The molecule has 4 heterocycles. The molecule has 0 aromatic carbocycles. The van der Waals surface area contributed by atoms with Crippen molar-refractivity contribution in [3.63, 3.8) is 0 Å². The van der Waals surface area contributed by atoms with Crippen molar-refractivity contribution in [1.82, 2.24) is 25.1 Å². The average Bonchev–Trinajstić information content (AvgIpc) is 3.23. The fraction of sp³-hybridized carbons (Fsp3) is 0.429. The molecule has 29 heavy (non-hydrogen) atoms. The maximum absolute atomic E-state index is 12.6. The molecule has 0 bridgehead atoms. The molecule has 0 radical (unpaired) electrons. The van der Waals surface area contributed by atoms with Crippen LogP contribution in [0.1, 0.15) is 22.5 Å². The van der Waals surface area contributed by atoms with Crippen LogP contribution in [0.2, 0.25) is 0 Å². The van der Waals surface area contributed by atoms with Gasteiger partial charge in [0.05, 0.1) is 5.56 Å². The van der Waals surface area contributed by atoms with Gasteiger partial charge in [-0.05, 0) is 37.6 Å². The molecule has 0 aliphatic carbocycles. The monoisotopic (exact) mass is 394 g/mol. The van der Waals surface area contributed by atoms with Crippen LogP contribution in [0.3, 0.4) is 0 Å². The summed E-state index contributed by atoms with van der Waals surface area (Å²) in [5.74, 6) is 0.918. The van der Waals surface area contributed by atoms with Crippen LogP contribution in [0.25, 0.3) is 0 Å². The number of aromatic nitrogens is 2. The Bertz CT molecular complexity index is 849. The molecular weight excluding hydrogens is 368 g/mol. The van der Waals surface area contributed by atoms with Crippen molar-refractivity contribution in [2.45, 2.75) is 19.4 Å². The number of pyridine rings is 2. The number of piperazine rings is 1. The number of carbonyl (C=O) groups excluding carboxylic acids is 2. The van der Waals surface area contributed by atoms with Crippen LogP contribution in [0.4, 0.5) is 10.6 Å². The average molecular weight is 394 g/mol. The molecule has 0 unspecified atom stereocenters. The van der Waals surface area contributed by atoms with Gasteiger partial charge in [0, 0.05) is 63.4 Å². The van der Waals surface area contributed by atoms with Gasteiger partial charge in [0.1, 0.15) is 5.82 Å². The molecule has 2 saturated heterocycles. The minimum atomic E-state index is -0.0537. The fourth-order valence-electron chi connectivity index (χ4n) is 3.78. The van der Waals surface area contributed by atoms with E-state index in [1.807, 2.05) is 36.1 Å². The van der Waals surface area contributed by atoms with Gasteiger partial charge in [0.25, 0.3) is 5.91 Å². The molecule has 0 saturated carbocycles. The van der Waals surface area contributed by atoms with E-state index in [1.165, 1.54) is 0 Å². The lowest BCUT2D eigenvalue weighted by Crippen LogP contribution is -2.54. The molecule has 2 aromatic heterocycles. The minimum absolute atomic E-state index is 0.0151. The summed E-state index contributed by atoms with van der Waals surface area (Å²) in [6, 6.07) is 9.44. The van der Waals surface area contributed by atoms with Crippen molar-refractivity contribution in [3.8, 4) is 0 Å². The highest BCUT2D eigenvalue weighted by molar-refractivity contribution is 5.94. The molecule has 152 valence electrons. The number of aryl methyl sites for hydroxylation is 1. The van der Waals surface area contributed by atoms with E-state index < -0.39 is 0 Å². The minimum Gasteiger partial charge on any atom is -0.353 e. The van der Waals surface area contributed by atoms with Gasteiger partial charge in [-0.25, -0.2) is 9.78 Å². The standard InChI is InChI=1S/C21H26N6O2/c1-16-5-6-17(14-23-16)20(28)27-9-7-18(15-27)24-21(29)26-12-10-25(11-13-26)19-4-2-3-8-22-19/h2-6,8,14,18H,7,9-13,15H2,1H3,(H,24,29)/t18-/m1/s1. The van der Waals surface area contributed by atoms with Gasteiger partial charge >= 0.3 is 6.03 Å². The summed E-state index contributed by atoms with van der Waals surface area (Å²) >= 11 is 0. The third-order valence-corrected chi connectivity index (χ3v) is 5.50. The van der Waals surface area contributed by atoms with Crippen molar-refractivity contribution in [1.29, 1.82) is 0 Å². The van der Waals surface area contributed by atoms with Gasteiger partial charge in [-0.1, -0.05) is 6.07 Å². The molecule has 2 fully saturated rings. The smallest absolute Gasteiger partial charge is 0.317 e. The van der Waals surface area contributed by atoms with Gasteiger partial charge in [-0.2, -0.15) is 0 Å². The zero-order chi connectivity index (χ0) is 20.2. The predicted octanol–water partition coefficient (Wildman–Crippen LogP) is 1.53. The van der Waals surface area contributed by atoms with Crippen molar-refractivity contribution in [2.24, 2.45) is 0 Å². The Balaban J connectivity index is 1.25. The lowest BCUT2D eigenvalue weighted by molar-refractivity contribution is 0.0788. The highest BCUT2D eigenvalue weighted by Crippen LogP contribution is 2.15. The number of nitrogens with zero attached hydrogens (tertiary/aromatic N) is 5. The van der Waals surface area contributed by atoms with Gasteiger partial charge in [0.2, 0.25) is 0 Å². The van der Waals surface area contributed by atoms with Gasteiger partial charge in [-0.3, -0.25) is 9.78 Å². The van der Waals surface area contributed by atoms with Crippen LogP contribution < -0.4 is 10.2 Å². The van der Waals surface area contributed by atoms with Crippen molar-refractivity contribution in [3.05, 3.63) is 54.0 Å². The van der Waals surface area contributed by atoms with E-state index in [0.717, 1.165) is 31.0 Å². The molecule has 4 rings (SSSR count). The van der Waals surface area contributed by atoms with E-state index in [1.54, 1.807) is 23.4 Å². The first kappa shape index (κ1) is 19.2. The molecule has 1 N–H and O–H groups in total. The summed E-state index contributed by atoms with van der Waals surface area (Å²) in [4.78, 5) is 39.7. The summed E-state index contributed by atoms with van der Waals surface area (Å²) in [6.07, 6.45) is 4.17. The van der Waals surface area contributed by atoms with Gasteiger partial charge in [-0.15, -0.1) is 0 Å². The zero-order valence-corrected chi connectivity index (χ0v) is 16.6. The fourth-order valence-corrected chi connectivity index (χ4v) is 3.78. The highest BCUT2D eigenvalue weighted by Gasteiger charge is 2.30. The van der Waals surface area contributed by atoms with E-state index in [0.29, 0.717) is 31.7 Å². The molecule has 1 atom stereocenters. The second-order valence-corrected chi connectivity index (χ2v) is 7.54. The summed E-state index contributed by atoms with van der Waals surface area (Å²) in [5.41, 5.74) is 1.48. The number of nitrogens with one attached hydrogen (secondary N) is 1. The van der Waals surface area contributed by atoms with Crippen LogP contribution >= 0.6 is 0 Å². The van der Waals surface area contributed by atoms with Crippen LogP contribution in [-0.2, 0) is 0 Å². The summed E-state index contributed by atoms with van der Waals surface area (Å²) in [5, 5.41) is 3.09. The van der Waals surface area contributed by atoms with E-state index in [4.69, 9.17) is 0 Å². The summed E-state index contributed by atoms with van der Waals surface area (Å²) < 4.78 is 0. The Morgan fingerprint density at radius 2 is 1.83 bits per heavy atom. The first-order valence-electron chi connectivity index (χ1n) is 10.0. The lowest BCUT2D eigenvalue weighted by atomic mass is 10.2. The highest BCUT2D eigenvalue weighted by atomic mass is 16.2. The van der Waals surface area contributed by atoms with Crippen LogP contribution in [0.15, 0.2) is 42.7 Å². The van der Waals surface area contributed by atoms with Gasteiger partial charge < -0.3 is 20.0 Å². The Hall–Kier alpha value is -3.16. The van der Waals surface area contributed by atoms with E-state index in [-0.39, 0.29) is 18.0 Å². The number of likely N-dealkylation sites (tertiary alicyclic amines) is 1. The molecule has 3 amide bonds. The number of hydrogen-bond donors (Lipinski definition) is 1. The first-order valence-corrected chi connectivity index (χ1v) is 10.0. The molecule has 0 spiro atoms. The lowest BCUT2D eigenvalue weighted by Gasteiger charge is -2.35. The maximum atomic E-state index is 12.6. The van der Waals surface area contributed by atoms with Crippen LogP contribution in [0.5, 0.6) is 0 Å². The van der Waals surface area contributed by atoms with Gasteiger partial charge in [0.15, 0.2) is 0 Å². The molecule has 2 aromatic rings. The Morgan fingerprint density at radius 3 is 2.52 bits per heavy atom. The maximum Gasteiger partial charge on any atom is 0.317 e. The third kappa shape index (κ3) is 4.47. The summed E-state index contributed by atoms with van der Waals surface area (Å²) in [6.45, 7) is 5.92. The van der Waals surface area contributed by atoms with Crippen molar-refractivity contribution in [2.75, 3.05) is 44.2 Å². The first-order chi connectivity index (χ1) is 14.1. The van der Waals surface area contributed by atoms with Crippen LogP contribution in [-0.4, -0.2) is 77.0 Å². The third-order valence-electron chi connectivity index (χ3n) is 5.50. The Kier molecular flexibility index (Phi) is 5.59. The number of anilines is 1. The second kappa shape index (κ2) is 8.46. The SMILES string of the molecule is Cc1ccc(C(=O)N2CC[C@@H](NC(=O)N3CCN(c4ccccn4)CC3)C2)cn1. The molecular formula is C21H26N6O2. The molecule has 2 aliphatic heterocycles. The van der Waals surface area contributed by atoms with Crippen molar-refractivity contribution >= 4 is 17.8 Å². The number of hydrogen-bond acceptors (Lipinski definition) is 5. The topological polar surface area (TPSA) is 81.7 Å². The van der Waals surface area contributed by atoms with E-state index in [9.17, 15) is 9.59 Å². The molecule has 8 nitrogen and oxygen atoms in total. The molecule has 2 aliphatic rings. The summed E-state index contributed by atoms with van der Waals surface area (Å²) in [7, 11) is 0. The number of urea groups is 1. The van der Waals surface area contributed by atoms with Crippen molar-refractivity contribution < 1.29 is 9.59 Å². The second-order valence-electron chi connectivity index (χ2n) is 7.54. The zero-order valence-electron chi connectivity index (χ0n) is 16.6. The Morgan fingerprint density at radius 1 is 1.00 bits per heavy atom.